The van der Waals surface area contributed by atoms with Crippen LogP contribution in [-0.2, 0) is 9.47 Å². The monoisotopic (exact) mass is 410 g/mol. The topological polar surface area (TPSA) is 31.4 Å². The highest BCUT2D eigenvalue weighted by Crippen LogP contribution is 2.22. The molecule has 0 bridgehead atoms. The van der Waals surface area contributed by atoms with Crippen LogP contribution in [0.3, 0.4) is 0 Å². The maximum absolute atomic E-state index is 5.93. The van der Waals surface area contributed by atoms with Gasteiger partial charge in [-0.2, -0.15) is 0 Å². The van der Waals surface area contributed by atoms with Crippen LogP contribution in [0, 0.1) is 0 Å². The Kier molecular flexibility index (Phi) is 9.66. The van der Waals surface area contributed by atoms with E-state index in [2.05, 4.69) is 47.5 Å². The third-order valence-electron chi connectivity index (χ3n) is 7.26. The molecule has 6 nitrogen and oxygen atoms in total. The predicted octanol–water partition coefficient (Wildman–Crippen LogP) is 1.99. The summed E-state index contributed by atoms with van der Waals surface area (Å²) < 4.78 is 11.3. The van der Waals surface area contributed by atoms with Crippen LogP contribution in [0.15, 0.2) is 0 Å². The summed E-state index contributed by atoms with van der Waals surface area (Å²) in [6.45, 7) is 15.9. The largest absolute Gasteiger partial charge is 0.379 e. The van der Waals surface area contributed by atoms with Gasteiger partial charge in [0, 0.05) is 38.3 Å². The lowest BCUT2D eigenvalue weighted by Crippen LogP contribution is -2.53. The van der Waals surface area contributed by atoms with E-state index in [4.69, 9.17) is 9.47 Å². The number of nitrogens with zero attached hydrogens (tertiary/aromatic N) is 4. The third-order valence-corrected chi connectivity index (χ3v) is 7.26. The first-order valence-corrected chi connectivity index (χ1v) is 12.1. The van der Waals surface area contributed by atoms with Crippen molar-refractivity contribution in [3.05, 3.63) is 0 Å². The zero-order chi connectivity index (χ0) is 20.6. The molecule has 0 amide bonds. The van der Waals surface area contributed by atoms with Gasteiger partial charge in [0.1, 0.15) is 0 Å². The zero-order valence-electron chi connectivity index (χ0n) is 19.5. The van der Waals surface area contributed by atoms with E-state index in [1.54, 1.807) is 0 Å². The Morgan fingerprint density at radius 3 is 1.76 bits per heavy atom. The number of ether oxygens (including phenoxy) is 2. The highest BCUT2D eigenvalue weighted by Gasteiger charge is 2.30. The van der Waals surface area contributed by atoms with E-state index >= 15 is 0 Å². The van der Waals surface area contributed by atoms with Crippen LogP contribution >= 0.6 is 0 Å². The summed E-state index contributed by atoms with van der Waals surface area (Å²) in [6, 6.07) is 1.64. The predicted molar refractivity (Wildman–Crippen MR) is 120 cm³/mol. The number of piperidine rings is 2. The molecule has 170 valence electrons. The molecule has 29 heavy (non-hydrogen) atoms. The standard InChI is InChI=1S/C13H26N2O.C10H20N2O/c1-4-13-10-15(9-11(2)16-13)12-5-7-14(3)8-6-12;1-11-4-2-10(3-5-11)12-6-8-13-9-7-12/h11-13H,4-10H2,1-3H3;10H,2-9H2,1H3/t11-,13+;/m0./s1. The Morgan fingerprint density at radius 2 is 1.24 bits per heavy atom. The van der Waals surface area contributed by atoms with Gasteiger partial charge in [-0.3, -0.25) is 9.80 Å². The van der Waals surface area contributed by atoms with Gasteiger partial charge in [-0.15, -0.1) is 0 Å². The van der Waals surface area contributed by atoms with E-state index in [9.17, 15) is 0 Å². The second kappa shape index (κ2) is 12.0. The summed E-state index contributed by atoms with van der Waals surface area (Å²) in [5.74, 6) is 0. The van der Waals surface area contributed by atoms with Crippen molar-refractivity contribution in [3.8, 4) is 0 Å². The molecule has 2 atom stereocenters. The van der Waals surface area contributed by atoms with Crippen LogP contribution in [0.1, 0.15) is 46.0 Å². The van der Waals surface area contributed by atoms with Crippen molar-refractivity contribution in [1.29, 1.82) is 0 Å². The molecule has 6 heteroatoms. The summed E-state index contributed by atoms with van der Waals surface area (Å²) in [4.78, 5) is 10.2. The Hall–Kier alpha value is -0.240. The van der Waals surface area contributed by atoms with Crippen molar-refractivity contribution in [1.82, 2.24) is 19.6 Å². The molecular weight excluding hydrogens is 364 g/mol. The van der Waals surface area contributed by atoms with Crippen molar-refractivity contribution >= 4 is 0 Å². The molecule has 0 N–H and O–H groups in total. The maximum atomic E-state index is 5.93. The van der Waals surface area contributed by atoms with Crippen molar-refractivity contribution in [2.45, 2.75) is 70.2 Å². The summed E-state index contributed by atoms with van der Waals surface area (Å²) in [7, 11) is 4.45. The smallest absolute Gasteiger partial charge is 0.0703 e. The van der Waals surface area contributed by atoms with Crippen molar-refractivity contribution in [2.24, 2.45) is 0 Å². The number of morpholine rings is 2. The van der Waals surface area contributed by atoms with Gasteiger partial charge in [0.15, 0.2) is 0 Å². The molecule has 0 aliphatic carbocycles. The average Bonchev–Trinajstić information content (AvgIpc) is 2.75. The number of likely N-dealkylation sites (tertiary alicyclic amines) is 2. The fraction of sp³-hybridized carbons (Fsp3) is 1.00. The molecule has 0 radical (unpaired) electrons. The minimum Gasteiger partial charge on any atom is -0.379 e. The molecule has 0 aromatic rings. The first-order valence-electron chi connectivity index (χ1n) is 12.1. The molecule has 0 aromatic heterocycles. The molecule has 4 rings (SSSR count). The Balaban J connectivity index is 0.000000169. The fourth-order valence-electron chi connectivity index (χ4n) is 5.27. The van der Waals surface area contributed by atoms with Crippen molar-refractivity contribution in [3.63, 3.8) is 0 Å². The van der Waals surface area contributed by atoms with Gasteiger partial charge >= 0.3 is 0 Å². The third kappa shape index (κ3) is 7.44. The summed E-state index contributed by atoms with van der Waals surface area (Å²) in [6.07, 6.45) is 7.38. The first kappa shape index (κ1) is 23.4. The van der Waals surface area contributed by atoms with Gasteiger partial charge in [0.2, 0.25) is 0 Å². The SMILES string of the molecule is CC[C@@H]1CN(C2CCN(C)CC2)C[C@H](C)O1.CN1CCC(N2CCOCC2)CC1. The molecule has 4 saturated heterocycles. The van der Waals surface area contributed by atoms with E-state index in [0.717, 1.165) is 57.9 Å². The van der Waals surface area contributed by atoms with E-state index in [0.29, 0.717) is 12.2 Å². The van der Waals surface area contributed by atoms with Gasteiger partial charge in [-0.25, -0.2) is 0 Å². The first-order chi connectivity index (χ1) is 14.0. The van der Waals surface area contributed by atoms with Crippen molar-refractivity contribution < 1.29 is 9.47 Å². The summed E-state index contributed by atoms with van der Waals surface area (Å²) in [5, 5.41) is 0. The van der Waals surface area contributed by atoms with Gasteiger partial charge < -0.3 is 19.3 Å². The number of hydrogen-bond acceptors (Lipinski definition) is 6. The highest BCUT2D eigenvalue weighted by atomic mass is 16.5. The van der Waals surface area contributed by atoms with Crippen LogP contribution in [0.2, 0.25) is 0 Å². The summed E-state index contributed by atoms with van der Waals surface area (Å²) in [5.41, 5.74) is 0. The van der Waals surface area contributed by atoms with E-state index in [-0.39, 0.29) is 0 Å². The van der Waals surface area contributed by atoms with Crippen LogP contribution < -0.4 is 0 Å². The van der Waals surface area contributed by atoms with Crippen molar-refractivity contribution in [2.75, 3.05) is 79.7 Å². The Labute approximate surface area is 179 Å². The number of rotatable bonds is 3. The molecule has 0 saturated carbocycles. The van der Waals surface area contributed by atoms with E-state index in [1.165, 1.54) is 51.9 Å². The molecular formula is C23H46N4O2. The lowest BCUT2D eigenvalue weighted by molar-refractivity contribution is -0.0943. The zero-order valence-corrected chi connectivity index (χ0v) is 19.5. The minimum absolute atomic E-state index is 0.415. The van der Waals surface area contributed by atoms with Crippen LogP contribution in [0.5, 0.6) is 0 Å². The van der Waals surface area contributed by atoms with Crippen LogP contribution in [0.4, 0.5) is 0 Å². The molecule has 0 spiro atoms. The second-order valence-corrected chi connectivity index (χ2v) is 9.65. The fourth-order valence-corrected chi connectivity index (χ4v) is 5.27. The van der Waals surface area contributed by atoms with Crippen LogP contribution in [-0.4, -0.2) is 124 Å². The minimum atomic E-state index is 0.415. The lowest BCUT2D eigenvalue weighted by atomic mass is 10.0. The van der Waals surface area contributed by atoms with E-state index in [1.807, 2.05) is 0 Å². The maximum Gasteiger partial charge on any atom is 0.0703 e. The van der Waals surface area contributed by atoms with Crippen LogP contribution in [0.25, 0.3) is 0 Å². The summed E-state index contributed by atoms with van der Waals surface area (Å²) >= 11 is 0. The molecule has 0 aromatic carbocycles. The van der Waals surface area contributed by atoms with Gasteiger partial charge in [-0.1, -0.05) is 6.92 Å². The highest BCUT2D eigenvalue weighted by molar-refractivity contribution is 4.84. The normalized spacial score (nSPS) is 32.7. The van der Waals surface area contributed by atoms with E-state index < -0.39 is 0 Å². The van der Waals surface area contributed by atoms with Gasteiger partial charge in [-0.05, 0) is 79.3 Å². The number of hydrogen-bond donors (Lipinski definition) is 0. The Morgan fingerprint density at radius 1 is 0.724 bits per heavy atom. The average molecular weight is 411 g/mol. The van der Waals surface area contributed by atoms with Gasteiger partial charge in [0.25, 0.3) is 0 Å². The molecule has 4 aliphatic heterocycles. The molecule has 0 unspecified atom stereocenters. The molecule has 4 fully saturated rings. The quantitative estimate of drug-likeness (QED) is 0.707. The van der Waals surface area contributed by atoms with Gasteiger partial charge in [0.05, 0.1) is 25.4 Å². The lowest BCUT2D eigenvalue weighted by Gasteiger charge is -2.43. The molecule has 4 aliphatic rings. The Bertz CT molecular complexity index is 444. The second-order valence-electron chi connectivity index (χ2n) is 9.65. The molecule has 4 heterocycles.